The molecule has 0 saturated carbocycles. The van der Waals surface area contributed by atoms with Gasteiger partial charge in [0, 0.05) is 24.8 Å². The normalized spacial score (nSPS) is 11.9. The highest BCUT2D eigenvalue weighted by Crippen LogP contribution is 2.09. The minimum absolute atomic E-state index is 0.0615. The van der Waals surface area contributed by atoms with Gasteiger partial charge in [0.25, 0.3) is 0 Å². The van der Waals surface area contributed by atoms with E-state index in [1.54, 1.807) is 11.8 Å². The number of rotatable bonds is 9. The van der Waals surface area contributed by atoms with Gasteiger partial charge in [0.2, 0.25) is 11.8 Å². The Morgan fingerprint density at radius 3 is 2.44 bits per heavy atom. The number of aliphatic carboxylic acids is 1. The van der Waals surface area contributed by atoms with E-state index in [-0.39, 0.29) is 30.5 Å². The molecule has 6 nitrogen and oxygen atoms in total. The number of carbonyl (C=O) groups is 3. The molecule has 0 bridgehead atoms. The highest BCUT2D eigenvalue weighted by Gasteiger charge is 2.20. The smallest absolute Gasteiger partial charge is 0.305 e. The molecular weight excluding hydrogens is 256 g/mol. The lowest BCUT2D eigenvalue weighted by molar-refractivity contribution is -0.140. The maximum Gasteiger partial charge on any atom is 0.305 e. The molecule has 1 unspecified atom stereocenters. The van der Waals surface area contributed by atoms with Gasteiger partial charge in [-0.15, -0.1) is 0 Å². The second-order valence-electron chi connectivity index (χ2n) is 3.90. The molecule has 0 saturated heterocycles. The number of thioether (sulfide) groups is 1. The third-order valence-electron chi connectivity index (χ3n) is 2.37. The van der Waals surface area contributed by atoms with E-state index in [9.17, 15) is 14.4 Å². The second kappa shape index (κ2) is 8.79. The SMILES string of the molecule is CCN(C(=O)CCSCC(N)=O)C(C)CC(=O)O. The van der Waals surface area contributed by atoms with Gasteiger partial charge < -0.3 is 15.7 Å². The molecule has 0 aliphatic heterocycles. The largest absolute Gasteiger partial charge is 0.481 e. The molecule has 18 heavy (non-hydrogen) atoms. The fraction of sp³-hybridized carbons (Fsp3) is 0.727. The molecule has 0 spiro atoms. The number of nitrogens with zero attached hydrogens (tertiary/aromatic N) is 1. The molecule has 7 heteroatoms. The molecule has 0 aromatic carbocycles. The van der Waals surface area contributed by atoms with E-state index in [4.69, 9.17) is 10.8 Å². The van der Waals surface area contributed by atoms with Crippen molar-refractivity contribution < 1.29 is 19.5 Å². The van der Waals surface area contributed by atoms with Crippen LogP contribution < -0.4 is 5.73 Å². The molecule has 0 aliphatic carbocycles. The average Bonchev–Trinajstić information content (AvgIpc) is 2.24. The van der Waals surface area contributed by atoms with Crippen molar-refractivity contribution in [3.05, 3.63) is 0 Å². The van der Waals surface area contributed by atoms with Gasteiger partial charge in [-0.05, 0) is 13.8 Å². The Kier molecular flexibility index (Phi) is 8.19. The molecular formula is C11H20N2O4S. The number of carboxylic acid groups (broad SMARTS) is 1. The number of carboxylic acids is 1. The van der Waals surface area contributed by atoms with Crippen LogP contribution in [0.3, 0.4) is 0 Å². The molecule has 1 atom stereocenters. The number of carbonyl (C=O) groups excluding carboxylic acids is 2. The maximum absolute atomic E-state index is 11.8. The Labute approximate surface area is 111 Å². The van der Waals surface area contributed by atoms with Crippen LogP contribution in [0, 0.1) is 0 Å². The molecule has 0 aliphatic rings. The minimum Gasteiger partial charge on any atom is -0.481 e. The van der Waals surface area contributed by atoms with E-state index in [1.807, 2.05) is 6.92 Å². The van der Waals surface area contributed by atoms with Crippen molar-refractivity contribution >= 4 is 29.5 Å². The van der Waals surface area contributed by atoms with Gasteiger partial charge >= 0.3 is 5.97 Å². The van der Waals surface area contributed by atoms with Gasteiger partial charge in [0.05, 0.1) is 12.2 Å². The zero-order valence-corrected chi connectivity index (χ0v) is 11.5. The first-order valence-corrected chi connectivity index (χ1v) is 6.91. The lowest BCUT2D eigenvalue weighted by Gasteiger charge is -2.27. The minimum atomic E-state index is -0.920. The van der Waals surface area contributed by atoms with Gasteiger partial charge in [-0.25, -0.2) is 0 Å². The quantitative estimate of drug-likeness (QED) is 0.590. The van der Waals surface area contributed by atoms with Gasteiger partial charge in [0.1, 0.15) is 0 Å². The van der Waals surface area contributed by atoms with E-state index in [2.05, 4.69) is 0 Å². The summed E-state index contributed by atoms with van der Waals surface area (Å²) in [7, 11) is 0. The van der Waals surface area contributed by atoms with Crippen molar-refractivity contribution in [1.29, 1.82) is 0 Å². The van der Waals surface area contributed by atoms with E-state index in [0.717, 1.165) is 0 Å². The summed E-state index contributed by atoms with van der Waals surface area (Å²) in [4.78, 5) is 34.5. The highest BCUT2D eigenvalue weighted by atomic mass is 32.2. The van der Waals surface area contributed by atoms with Crippen LogP contribution in [0.15, 0.2) is 0 Å². The van der Waals surface area contributed by atoms with Crippen molar-refractivity contribution in [2.75, 3.05) is 18.1 Å². The van der Waals surface area contributed by atoms with E-state index < -0.39 is 11.9 Å². The van der Waals surface area contributed by atoms with Crippen molar-refractivity contribution in [2.45, 2.75) is 32.7 Å². The van der Waals surface area contributed by atoms with Gasteiger partial charge in [-0.2, -0.15) is 11.8 Å². The second-order valence-corrected chi connectivity index (χ2v) is 5.00. The molecule has 0 aromatic rings. The van der Waals surface area contributed by atoms with Gasteiger partial charge in [-0.1, -0.05) is 0 Å². The lowest BCUT2D eigenvalue weighted by Crippen LogP contribution is -2.39. The van der Waals surface area contributed by atoms with Crippen LogP contribution in [0.4, 0.5) is 0 Å². The zero-order chi connectivity index (χ0) is 14.1. The lowest BCUT2D eigenvalue weighted by atomic mass is 10.2. The van der Waals surface area contributed by atoms with Crippen LogP contribution in [-0.2, 0) is 14.4 Å². The van der Waals surface area contributed by atoms with E-state index in [1.165, 1.54) is 11.8 Å². The van der Waals surface area contributed by atoms with Crippen LogP contribution >= 0.6 is 11.8 Å². The fourth-order valence-electron chi connectivity index (χ4n) is 1.57. The van der Waals surface area contributed by atoms with Crippen LogP contribution in [0.25, 0.3) is 0 Å². The molecule has 0 aromatic heterocycles. The zero-order valence-electron chi connectivity index (χ0n) is 10.7. The Hall–Kier alpha value is -1.24. The third kappa shape index (κ3) is 7.16. The van der Waals surface area contributed by atoms with Gasteiger partial charge in [0.15, 0.2) is 0 Å². The van der Waals surface area contributed by atoms with E-state index >= 15 is 0 Å². The molecule has 0 fully saturated rings. The maximum atomic E-state index is 11.8. The predicted molar refractivity (Wildman–Crippen MR) is 70.2 cm³/mol. The summed E-state index contributed by atoms with van der Waals surface area (Å²) >= 11 is 1.30. The Bertz CT molecular complexity index is 309. The van der Waals surface area contributed by atoms with Crippen LogP contribution in [0.1, 0.15) is 26.7 Å². The first-order chi connectivity index (χ1) is 8.38. The summed E-state index contributed by atoms with van der Waals surface area (Å²) in [6.07, 6.45) is 0.226. The van der Waals surface area contributed by atoms with Crippen LogP contribution in [0.5, 0.6) is 0 Å². The Morgan fingerprint density at radius 1 is 1.39 bits per heavy atom. The third-order valence-corrected chi connectivity index (χ3v) is 3.35. The number of primary amides is 1. The van der Waals surface area contributed by atoms with Crippen molar-refractivity contribution in [2.24, 2.45) is 5.73 Å². The Balaban J connectivity index is 4.10. The summed E-state index contributed by atoms with van der Waals surface area (Å²) in [5.41, 5.74) is 4.98. The van der Waals surface area contributed by atoms with Gasteiger partial charge in [-0.3, -0.25) is 14.4 Å². The first-order valence-electron chi connectivity index (χ1n) is 5.75. The van der Waals surface area contributed by atoms with E-state index in [0.29, 0.717) is 12.3 Å². The Morgan fingerprint density at radius 2 is 2.00 bits per heavy atom. The molecule has 0 radical (unpaired) electrons. The molecule has 0 heterocycles. The number of amides is 2. The fourth-order valence-corrected chi connectivity index (χ4v) is 2.24. The van der Waals surface area contributed by atoms with Crippen molar-refractivity contribution in [3.63, 3.8) is 0 Å². The molecule has 2 amide bonds. The highest BCUT2D eigenvalue weighted by molar-refractivity contribution is 7.99. The van der Waals surface area contributed by atoms with Crippen LogP contribution in [0.2, 0.25) is 0 Å². The van der Waals surface area contributed by atoms with Crippen molar-refractivity contribution in [1.82, 2.24) is 4.90 Å². The van der Waals surface area contributed by atoms with Crippen molar-refractivity contribution in [3.8, 4) is 0 Å². The number of hydrogen-bond acceptors (Lipinski definition) is 4. The molecule has 104 valence electrons. The average molecular weight is 276 g/mol. The monoisotopic (exact) mass is 276 g/mol. The predicted octanol–water partition coefficient (Wildman–Crippen LogP) is 0.307. The molecule has 3 N–H and O–H groups in total. The van der Waals surface area contributed by atoms with Crippen LogP contribution in [-0.4, -0.2) is 51.9 Å². The summed E-state index contributed by atoms with van der Waals surface area (Å²) in [5, 5.41) is 8.69. The summed E-state index contributed by atoms with van der Waals surface area (Å²) in [5.74, 6) is -0.707. The first kappa shape index (κ1) is 16.8. The summed E-state index contributed by atoms with van der Waals surface area (Å²) in [6.45, 7) is 4.01. The number of nitrogens with two attached hydrogens (primary N) is 1. The molecule has 0 rings (SSSR count). The topological polar surface area (TPSA) is 101 Å². The standard InChI is InChI=1S/C11H20N2O4S/c1-3-13(8(2)6-11(16)17)10(15)4-5-18-7-9(12)14/h8H,3-7H2,1-2H3,(H2,12,14)(H,16,17). The number of hydrogen-bond donors (Lipinski definition) is 2. The summed E-state index contributed by atoms with van der Waals surface area (Å²) in [6, 6.07) is -0.318. The summed E-state index contributed by atoms with van der Waals surface area (Å²) < 4.78 is 0.